The number of carboxylic acid groups (broad SMARTS) is 1. The van der Waals surface area contributed by atoms with Crippen molar-refractivity contribution in [3.05, 3.63) is 0 Å². The van der Waals surface area contributed by atoms with E-state index in [1.807, 2.05) is 11.8 Å². The zero-order chi connectivity index (χ0) is 15.6. The number of aliphatic carboxylic acids is 1. The van der Waals surface area contributed by atoms with Crippen molar-refractivity contribution in [2.24, 2.45) is 0 Å². The van der Waals surface area contributed by atoms with Gasteiger partial charge >= 0.3 is 5.97 Å². The zero-order valence-electron chi connectivity index (χ0n) is 14.1. The van der Waals surface area contributed by atoms with Crippen molar-refractivity contribution in [1.29, 1.82) is 0 Å². The zero-order valence-corrected chi connectivity index (χ0v) is 14.9. The number of carbonyl (C=O) groups is 1. The summed E-state index contributed by atoms with van der Waals surface area (Å²) < 4.78 is 0. The molecule has 0 heterocycles. The quantitative estimate of drug-likeness (QED) is 0.321. The first-order chi connectivity index (χ1) is 10.3. The van der Waals surface area contributed by atoms with Gasteiger partial charge in [0.25, 0.3) is 0 Å². The first-order valence-electron chi connectivity index (χ1n) is 9.07. The van der Waals surface area contributed by atoms with Gasteiger partial charge in [-0.25, -0.2) is 0 Å². The van der Waals surface area contributed by atoms with Crippen LogP contribution in [0.5, 0.6) is 0 Å². The summed E-state index contributed by atoms with van der Waals surface area (Å²) in [7, 11) is 0. The first-order valence-corrected chi connectivity index (χ1v) is 10.2. The molecule has 0 aromatic heterocycles. The van der Waals surface area contributed by atoms with E-state index in [1.165, 1.54) is 82.8 Å². The lowest BCUT2D eigenvalue weighted by Gasteiger charge is -2.03. The third kappa shape index (κ3) is 19.8. The van der Waals surface area contributed by atoms with Gasteiger partial charge in [-0.15, -0.1) is 0 Å². The maximum absolute atomic E-state index is 10.3. The van der Waals surface area contributed by atoms with Crippen molar-refractivity contribution in [1.82, 2.24) is 0 Å². The molecule has 0 aliphatic heterocycles. The van der Waals surface area contributed by atoms with Gasteiger partial charge in [0.15, 0.2) is 0 Å². The maximum Gasteiger partial charge on any atom is 0.303 e. The summed E-state index contributed by atoms with van der Waals surface area (Å²) in [6.45, 7) is 2.27. The second-order valence-electron chi connectivity index (χ2n) is 6.00. The largest absolute Gasteiger partial charge is 0.481 e. The van der Waals surface area contributed by atoms with E-state index in [9.17, 15) is 4.79 Å². The van der Waals surface area contributed by atoms with E-state index in [0.29, 0.717) is 6.42 Å². The van der Waals surface area contributed by atoms with Crippen LogP contribution in [0.4, 0.5) is 0 Å². The van der Waals surface area contributed by atoms with Gasteiger partial charge < -0.3 is 5.11 Å². The first kappa shape index (κ1) is 20.8. The molecule has 0 rings (SSSR count). The van der Waals surface area contributed by atoms with Crippen LogP contribution in [0.25, 0.3) is 0 Å². The Balaban J connectivity index is 2.95. The molecule has 0 atom stereocenters. The Kier molecular flexibility index (Phi) is 17.7. The molecular weight excluding hydrogens is 280 g/mol. The van der Waals surface area contributed by atoms with Crippen LogP contribution in [0.15, 0.2) is 0 Å². The molecule has 0 aliphatic carbocycles. The summed E-state index contributed by atoms with van der Waals surface area (Å²) in [4.78, 5) is 10.3. The maximum atomic E-state index is 10.3. The van der Waals surface area contributed by atoms with Crippen molar-refractivity contribution in [3.8, 4) is 0 Å². The van der Waals surface area contributed by atoms with Gasteiger partial charge in [-0.3, -0.25) is 4.79 Å². The minimum atomic E-state index is -0.666. The van der Waals surface area contributed by atoms with E-state index in [4.69, 9.17) is 5.11 Å². The van der Waals surface area contributed by atoms with Crippen LogP contribution in [0.1, 0.15) is 96.8 Å². The van der Waals surface area contributed by atoms with Gasteiger partial charge in [0.2, 0.25) is 0 Å². The number of hydrogen-bond donors (Lipinski definition) is 1. The van der Waals surface area contributed by atoms with E-state index in [2.05, 4.69) is 6.92 Å². The van der Waals surface area contributed by atoms with E-state index >= 15 is 0 Å². The Morgan fingerprint density at radius 3 is 1.62 bits per heavy atom. The van der Waals surface area contributed by atoms with E-state index < -0.39 is 5.97 Å². The number of carboxylic acids is 1. The Bertz CT molecular complexity index is 219. The topological polar surface area (TPSA) is 37.3 Å². The van der Waals surface area contributed by atoms with Crippen LogP contribution in [-0.4, -0.2) is 22.6 Å². The van der Waals surface area contributed by atoms with Crippen LogP contribution in [0.3, 0.4) is 0 Å². The van der Waals surface area contributed by atoms with Crippen LogP contribution >= 0.6 is 11.8 Å². The lowest BCUT2D eigenvalue weighted by molar-refractivity contribution is -0.137. The Hall–Kier alpha value is -0.180. The van der Waals surface area contributed by atoms with E-state index in [-0.39, 0.29) is 0 Å². The number of unbranched alkanes of at least 4 members (excludes halogenated alkanes) is 11. The monoisotopic (exact) mass is 316 g/mol. The highest BCUT2D eigenvalue weighted by Crippen LogP contribution is 2.13. The predicted octanol–water partition coefficient (Wildman–Crippen LogP) is 6.29. The fourth-order valence-electron chi connectivity index (χ4n) is 2.47. The molecule has 0 saturated heterocycles. The summed E-state index contributed by atoms with van der Waals surface area (Å²) in [5.41, 5.74) is 0. The van der Waals surface area contributed by atoms with Crippen molar-refractivity contribution in [2.75, 3.05) is 11.5 Å². The second-order valence-corrected chi connectivity index (χ2v) is 7.22. The normalized spacial score (nSPS) is 10.9. The molecule has 0 fully saturated rings. The molecule has 3 heteroatoms. The minimum absolute atomic E-state index is 0.325. The van der Waals surface area contributed by atoms with Crippen LogP contribution < -0.4 is 0 Å². The summed E-state index contributed by atoms with van der Waals surface area (Å²) in [6.07, 6.45) is 17.9. The lowest BCUT2D eigenvalue weighted by Crippen LogP contribution is -1.95. The molecule has 0 unspecified atom stereocenters. The Morgan fingerprint density at radius 2 is 1.14 bits per heavy atom. The highest BCUT2D eigenvalue weighted by Gasteiger charge is 1.97. The summed E-state index contributed by atoms with van der Waals surface area (Å²) in [5, 5.41) is 8.52. The molecule has 0 radical (unpaired) electrons. The Morgan fingerprint density at radius 1 is 0.714 bits per heavy atom. The summed E-state index contributed by atoms with van der Waals surface area (Å²) in [6, 6.07) is 0. The fourth-order valence-corrected chi connectivity index (χ4v) is 3.43. The van der Waals surface area contributed by atoms with Gasteiger partial charge in [-0.2, -0.15) is 11.8 Å². The summed E-state index contributed by atoms with van der Waals surface area (Å²) >= 11 is 1.91. The van der Waals surface area contributed by atoms with Gasteiger partial charge in [0.05, 0.1) is 0 Å². The van der Waals surface area contributed by atoms with E-state index in [0.717, 1.165) is 12.2 Å². The van der Waals surface area contributed by atoms with Crippen molar-refractivity contribution in [2.45, 2.75) is 96.8 Å². The van der Waals surface area contributed by atoms with Crippen LogP contribution in [0.2, 0.25) is 0 Å². The third-order valence-electron chi connectivity index (χ3n) is 3.82. The molecule has 0 bridgehead atoms. The molecule has 0 aromatic carbocycles. The minimum Gasteiger partial charge on any atom is -0.481 e. The van der Waals surface area contributed by atoms with Crippen LogP contribution in [0, 0.1) is 0 Å². The molecule has 1 N–H and O–H groups in total. The molecule has 0 saturated carbocycles. The smallest absolute Gasteiger partial charge is 0.303 e. The Labute approximate surface area is 136 Å². The van der Waals surface area contributed by atoms with Crippen molar-refractivity contribution in [3.63, 3.8) is 0 Å². The lowest BCUT2D eigenvalue weighted by atomic mass is 10.1. The highest BCUT2D eigenvalue weighted by atomic mass is 32.2. The molecule has 0 amide bonds. The van der Waals surface area contributed by atoms with Crippen molar-refractivity contribution < 1.29 is 9.90 Å². The van der Waals surface area contributed by atoms with Gasteiger partial charge in [-0.05, 0) is 24.3 Å². The average Bonchev–Trinajstić information content (AvgIpc) is 2.46. The molecule has 0 aliphatic rings. The second kappa shape index (κ2) is 17.9. The molecular formula is C18H36O2S. The number of rotatable bonds is 17. The fraction of sp³-hybridized carbons (Fsp3) is 0.944. The van der Waals surface area contributed by atoms with Crippen molar-refractivity contribution >= 4 is 17.7 Å². The summed E-state index contributed by atoms with van der Waals surface area (Å²) in [5.74, 6) is 1.54. The van der Waals surface area contributed by atoms with E-state index in [1.54, 1.807) is 0 Å². The highest BCUT2D eigenvalue weighted by molar-refractivity contribution is 7.99. The average molecular weight is 317 g/mol. The third-order valence-corrected chi connectivity index (χ3v) is 4.98. The molecule has 0 aromatic rings. The van der Waals surface area contributed by atoms with Crippen LogP contribution in [-0.2, 0) is 4.79 Å². The van der Waals surface area contributed by atoms with Gasteiger partial charge in [0, 0.05) is 6.42 Å². The number of hydrogen-bond acceptors (Lipinski definition) is 2. The predicted molar refractivity (Wildman–Crippen MR) is 95.3 cm³/mol. The molecule has 2 nitrogen and oxygen atoms in total. The number of thioether (sulfide) groups is 1. The standard InChI is InChI=1S/C18H36O2S/c1-2-3-4-5-6-7-8-9-10-11-12-13-16-21-17-14-15-18(19)20/h2-17H2,1H3,(H,19,20). The molecule has 126 valence electrons. The van der Waals surface area contributed by atoms with Gasteiger partial charge in [-0.1, -0.05) is 77.6 Å². The molecule has 0 spiro atoms. The SMILES string of the molecule is CCCCCCCCCCCCCCSCCCC(=O)O. The molecule has 21 heavy (non-hydrogen) atoms. The van der Waals surface area contributed by atoms with Gasteiger partial charge in [0.1, 0.15) is 0 Å².